The molecule has 0 fully saturated rings. The van der Waals surface area contributed by atoms with E-state index in [2.05, 4.69) is 5.32 Å². The molecule has 0 aliphatic carbocycles. The summed E-state index contributed by atoms with van der Waals surface area (Å²) in [6.45, 7) is 3.92. The molecule has 4 rings (SSSR count). The number of carbonyl (C=O) groups excluding carboxylic acids is 2. The molecule has 1 N–H and O–H groups in total. The molecule has 6 nitrogen and oxygen atoms in total. The number of aryl methyl sites for hydroxylation is 2. The topological polar surface area (TPSA) is 67.9 Å². The first kappa shape index (κ1) is 22.4. The fourth-order valence-electron chi connectivity index (χ4n) is 3.69. The van der Waals surface area contributed by atoms with Gasteiger partial charge in [0, 0.05) is 16.8 Å². The lowest BCUT2D eigenvalue weighted by molar-refractivity contribution is -0.120. The number of anilines is 2. The Morgan fingerprint density at radius 2 is 1.48 bits per heavy atom. The van der Waals surface area contributed by atoms with E-state index >= 15 is 0 Å². The Labute approximate surface area is 197 Å². The summed E-state index contributed by atoms with van der Waals surface area (Å²) in [5.41, 5.74) is 4.19. The zero-order valence-electron chi connectivity index (χ0n) is 18.7. The van der Waals surface area contributed by atoms with Gasteiger partial charge in [0.1, 0.15) is 5.70 Å². The third kappa shape index (κ3) is 4.17. The van der Waals surface area contributed by atoms with Gasteiger partial charge in [-0.25, -0.2) is 4.90 Å². The predicted octanol–water partition coefficient (Wildman–Crippen LogP) is 5.37. The Balaban J connectivity index is 1.82. The molecule has 33 heavy (non-hydrogen) atoms. The van der Waals surface area contributed by atoms with Crippen molar-refractivity contribution in [2.75, 3.05) is 24.4 Å². The number of hydrogen-bond acceptors (Lipinski definition) is 5. The van der Waals surface area contributed by atoms with Gasteiger partial charge < -0.3 is 14.8 Å². The number of carbonyl (C=O) groups is 2. The van der Waals surface area contributed by atoms with Crippen molar-refractivity contribution in [1.29, 1.82) is 0 Å². The van der Waals surface area contributed by atoms with Crippen molar-refractivity contribution >= 4 is 40.4 Å². The summed E-state index contributed by atoms with van der Waals surface area (Å²) in [6, 6.07) is 17.5. The van der Waals surface area contributed by atoms with Crippen LogP contribution in [0.4, 0.5) is 11.4 Å². The third-order valence-corrected chi connectivity index (χ3v) is 5.87. The van der Waals surface area contributed by atoms with Crippen molar-refractivity contribution in [1.82, 2.24) is 0 Å². The second-order valence-corrected chi connectivity index (χ2v) is 8.10. The smallest absolute Gasteiger partial charge is 0.282 e. The minimum atomic E-state index is -0.442. The highest BCUT2D eigenvalue weighted by Gasteiger charge is 2.40. The Kier molecular flexibility index (Phi) is 6.11. The van der Waals surface area contributed by atoms with Gasteiger partial charge in [-0.05, 0) is 66.9 Å². The lowest BCUT2D eigenvalue weighted by Gasteiger charge is -2.17. The van der Waals surface area contributed by atoms with E-state index in [4.69, 9.17) is 21.1 Å². The van der Waals surface area contributed by atoms with E-state index in [1.807, 2.05) is 26.0 Å². The van der Waals surface area contributed by atoms with Gasteiger partial charge >= 0.3 is 0 Å². The van der Waals surface area contributed by atoms with Crippen molar-refractivity contribution in [3.8, 4) is 11.5 Å². The number of methoxy groups -OCH3 is 2. The maximum atomic E-state index is 13.6. The van der Waals surface area contributed by atoms with E-state index in [0.717, 1.165) is 11.1 Å². The van der Waals surface area contributed by atoms with Gasteiger partial charge in [0.05, 0.1) is 25.5 Å². The number of halogens is 1. The van der Waals surface area contributed by atoms with E-state index < -0.39 is 11.8 Å². The van der Waals surface area contributed by atoms with Gasteiger partial charge in [-0.15, -0.1) is 0 Å². The highest BCUT2D eigenvalue weighted by Crippen LogP contribution is 2.36. The van der Waals surface area contributed by atoms with E-state index in [-0.39, 0.29) is 11.3 Å². The highest BCUT2D eigenvalue weighted by molar-refractivity contribution is 6.46. The fourth-order valence-corrected chi connectivity index (χ4v) is 3.81. The molecule has 1 heterocycles. The summed E-state index contributed by atoms with van der Waals surface area (Å²) in [4.78, 5) is 28.3. The molecule has 3 aromatic rings. The molecule has 0 atom stereocenters. The molecule has 1 aliphatic heterocycles. The maximum absolute atomic E-state index is 13.6. The molecule has 0 bridgehead atoms. The van der Waals surface area contributed by atoms with Crippen LogP contribution in [0.25, 0.3) is 5.57 Å². The van der Waals surface area contributed by atoms with Gasteiger partial charge in [0.25, 0.3) is 11.8 Å². The van der Waals surface area contributed by atoms with Crippen LogP contribution in [0.15, 0.2) is 66.4 Å². The number of ether oxygens (including phenoxy) is 2. The molecule has 0 spiro atoms. The SMILES string of the molecule is COc1ccc(NC2=C(c3ccc(Cl)cc3)C(=O)N(c3ccc(C)c(C)c3)C2=O)cc1OC. The maximum Gasteiger partial charge on any atom is 0.282 e. The van der Waals surface area contributed by atoms with Crippen molar-refractivity contribution < 1.29 is 19.1 Å². The van der Waals surface area contributed by atoms with Crippen LogP contribution in [-0.2, 0) is 9.59 Å². The standard InChI is InChI=1S/C26H23ClN2O4/c1-15-5-11-20(13-16(15)2)29-25(30)23(17-6-8-18(27)9-7-17)24(26(29)31)28-19-10-12-21(32-3)22(14-19)33-4/h5-14,28H,1-4H3. The summed E-state index contributed by atoms with van der Waals surface area (Å²) in [7, 11) is 3.08. The average molecular weight is 463 g/mol. The molecular formula is C26H23ClN2O4. The van der Waals surface area contributed by atoms with Crippen LogP contribution in [0.2, 0.25) is 5.02 Å². The Morgan fingerprint density at radius 1 is 0.788 bits per heavy atom. The molecule has 0 saturated heterocycles. The summed E-state index contributed by atoms with van der Waals surface area (Å²) < 4.78 is 10.7. The second-order valence-electron chi connectivity index (χ2n) is 7.67. The van der Waals surface area contributed by atoms with E-state index in [1.54, 1.807) is 55.6 Å². The van der Waals surface area contributed by atoms with Crippen LogP contribution >= 0.6 is 11.6 Å². The summed E-state index contributed by atoms with van der Waals surface area (Å²) in [5.74, 6) is 0.205. The van der Waals surface area contributed by atoms with E-state index in [0.29, 0.717) is 33.5 Å². The first-order chi connectivity index (χ1) is 15.8. The van der Waals surface area contributed by atoms with Crippen molar-refractivity contribution in [3.05, 3.63) is 88.1 Å². The molecule has 0 unspecified atom stereocenters. The zero-order valence-corrected chi connectivity index (χ0v) is 19.5. The molecule has 0 aromatic heterocycles. The second kappa shape index (κ2) is 9.00. The quantitative estimate of drug-likeness (QED) is 0.499. The molecule has 168 valence electrons. The average Bonchev–Trinajstić information content (AvgIpc) is 3.05. The minimum absolute atomic E-state index is 0.174. The number of nitrogens with zero attached hydrogens (tertiary/aromatic N) is 1. The molecule has 3 aromatic carbocycles. The van der Waals surface area contributed by atoms with Crippen molar-refractivity contribution in [2.24, 2.45) is 0 Å². The summed E-state index contributed by atoms with van der Waals surface area (Å²) >= 11 is 6.05. The fraction of sp³-hybridized carbons (Fsp3) is 0.154. The first-order valence-corrected chi connectivity index (χ1v) is 10.7. The van der Waals surface area contributed by atoms with Crippen molar-refractivity contribution in [2.45, 2.75) is 13.8 Å². The van der Waals surface area contributed by atoms with Crippen LogP contribution in [0.3, 0.4) is 0 Å². The lowest BCUT2D eigenvalue weighted by atomic mass is 10.0. The van der Waals surface area contributed by atoms with Crippen LogP contribution < -0.4 is 19.7 Å². The molecule has 1 aliphatic rings. The van der Waals surface area contributed by atoms with E-state index in [9.17, 15) is 9.59 Å². The summed E-state index contributed by atoms with van der Waals surface area (Å²) in [6.07, 6.45) is 0. The number of nitrogens with one attached hydrogen (secondary N) is 1. The van der Waals surface area contributed by atoms with Crippen molar-refractivity contribution in [3.63, 3.8) is 0 Å². The van der Waals surface area contributed by atoms with Gasteiger partial charge in [-0.1, -0.05) is 29.8 Å². The van der Waals surface area contributed by atoms with Gasteiger partial charge in [0.2, 0.25) is 0 Å². The lowest BCUT2D eigenvalue weighted by Crippen LogP contribution is -2.32. The zero-order chi connectivity index (χ0) is 23.7. The van der Waals surface area contributed by atoms with Crippen LogP contribution in [0, 0.1) is 13.8 Å². The third-order valence-electron chi connectivity index (χ3n) is 5.62. The monoisotopic (exact) mass is 462 g/mol. The molecule has 0 radical (unpaired) electrons. The van der Waals surface area contributed by atoms with Crippen LogP contribution in [0.5, 0.6) is 11.5 Å². The number of benzene rings is 3. The Hall–Kier alpha value is -3.77. The minimum Gasteiger partial charge on any atom is -0.493 e. The Morgan fingerprint density at radius 3 is 2.12 bits per heavy atom. The molecular weight excluding hydrogens is 440 g/mol. The Bertz CT molecular complexity index is 1280. The number of rotatable bonds is 6. The van der Waals surface area contributed by atoms with Gasteiger partial charge in [-0.3, -0.25) is 9.59 Å². The largest absolute Gasteiger partial charge is 0.493 e. The predicted molar refractivity (Wildman–Crippen MR) is 130 cm³/mol. The van der Waals surface area contributed by atoms with Crippen LogP contribution in [0.1, 0.15) is 16.7 Å². The van der Waals surface area contributed by atoms with Gasteiger partial charge in [-0.2, -0.15) is 0 Å². The molecule has 2 amide bonds. The number of amides is 2. The summed E-state index contributed by atoms with van der Waals surface area (Å²) in [5, 5.41) is 3.67. The first-order valence-electron chi connectivity index (χ1n) is 10.3. The highest BCUT2D eigenvalue weighted by atomic mass is 35.5. The number of imide groups is 1. The van der Waals surface area contributed by atoms with Gasteiger partial charge in [0.15, 0.2) is 11.5 Å². The normalized spacial score (nSPS) is 13.5. The molecule has 7 heteroatoms. The van der Waals surface area contributed by atoms with E-state index in [1.165, 1.54) is 12.0 Å². The molecule has 0 saturated carbocycles. The van der Waals surface area contributed by atoms with Crippen LogP contribution in [-0.4, -0.2) is 26.0 Å². The number of hydrogen-bond donors (Lipinski definition) is 1.